The van der Waals surface area contributed by atoms with E-state index in [1.54, 1.807) is 6.26 Å². The molecule has 2 atom stereocenters. The van der Waals surface area contributed by atoms with Gasteiger partial charge in [-0.05, 0) is 37.3 Å². The molecule has 14 heavy (non-hydrogen) atoms. The number of furan rings is 1. The van der Waals surface area contributed by atoms with E-state index in [1.807, 2.05) is 12.1 Å². The lowest BCUT2D eigenvalue weighted by Crippen LogP contribution is -2.21. The van der Waals surface area contributed by atoms with Gasteiger partial charge in [0.15, 0.2) is 0 Å². The van der Waals surface area contributed by atoms with Crippen molar-refractivity contribution in [1.29, 1.82) is 0 Å². The van der Waals surface area contributed by atoms with Crippen LogP contribution in [0.2, 0.25) is 0 Å². The lowest BCUT2D eigenvalue weighted by molar-refractivity contribution is -0.116. The summed E-state index contributed by atoms with van der Waals surface area (Å²) in [6, 6.07) is 3.83. The summed E-state index contributed by atoms with van der Waals surface area (Å²) in [5.74, 6) is 1.61. The van der Waals surface area contributed by atoms with Gasteiger partial charge < -0.3 is 9.21 Å². The third-order valence-electron chi connectivity index (χ3n) is 3.25. The fraction of sp³-hybridized carbons (Fsp3) is 0.583. The Hall–Kier alpha value is -1.05. The molecule has 1 aromatic rings. The molecule has 0 amide bonds. The van der Waals surface area contributed by atoms with Crippen LogP contribution in [0.15, 0.2) is 22.8 Å². The number of carbonyl (C=O) groups excluding carboxylic acids is 1. The molecule has 0 bridgehead atoms. The van der Waals surface area contributed by atoms with E-state index in [4.69, 9.17) is 4.42 Å². The van der Waals surface area contributed by atoms with Crippen molar-refractivity contribution in [3.8, 4) is 0 Å². The molecule has 2 unspecified atom stereocenters. The van der Waals surface area contributed by atoms with Crippen molar-refractivity contribution in [3.05, 3.63) is 24.2 Å². The molecule has 0 N–H and O–H groups in total. The van der Waals surface area contributed by atoms with Crippen LogP contribution in [0.1, 0.15) is 31.9 Å². The average molecular weight is 192 g/mol. The van der Waals surface area contributed by atoms with Gasteiger partial charge in [0.2, 0.25) is 0 Å². The van der Waals surface area contributed by atoms with Crippen molar-refractivity contribution in [2.75, 3.05) is 0 Å². The Labute approximate surface area is 84.3 Å². The van der Waals surface area contributed by atoms with E-state index in [-0.39, 0.29) is 5.41 Å². The summed E-state index contributed by atoms with van der Waals surface area (Å²) in [5.41, 5.74) is -0.142. The molecule has 0 saturated heterocycles. The molecule has 0 aromatic carbocycles. The van der Waals surface area contributed by atoms with Gasteiger partial charge in [0.1, 0.15) is 12.0 Å². The van der Waals surface area contributed by atoms with Crippen LogP contribution in [0.4, 0.5) is 0 Å². The summed E-state index contributed by atoms with van der Waals surface area (Å²) in [6.45, 7) is 2.22. The van der Waals surface area contributed by atoms with Crippen LogP contribution in [0.5, 0.6) is 0 Å². The molecule has 2 heteroatoms. The zero-order valence-corrected chi connectivity index (χ0v) is 8.53. The number of hydrogen-bond acceptors (Lipinski definition) is 2. The van der Waals surface area contributed by atoms with Crippen LogP contribution in [0.3, 0.4) is 0 Å². The van der Waals surface area contributed by atoms with Crippen LogP contribution < -0.4 is 0 Å². The van der Waals surface area contributed by atoms with Crippen LogP contribution in [0.25, 0.3) is 0 Å². The Kier molecular flexibility index (Phi) is 2.44. The van der Waals surface area contributed by atoms with Crippen LogP contribution in [-0.4, -0.2) is 6.29 Å². The maximum atomic E-state index is 11.2. The monoisotopic (exact) mass is 192 g/mol. The van der Waals surface area contributed by atoms with Gasteiger partial charge in [-0.25, -0.2) is 0 Å². The molecule has 2 nitrogen and oxygen atoms in total. The first kappa shape index (κ1) is 9.50. The van der Waals surface area contributed by atoms with Gasteiger partial charge in [-0.1, -0.05) is 6.92 Å². The third-order valence-corrected chi connectivity index (χ3v) is 3.25. The Bertz CT molecular complexity index is 302. The van der Waals surface area contributed by atoms with Gasteiger partial charge in [0.25, 0.3) is 0 Å². The zero-order valence-electron chi connectivity index (χ0n) is 8.53. The standard InChI is InChI=1S/C12H16O2/c1-10-4-5-12(7-10,9-13)8-11-3-2-6-14-11/h2-3,6,9-10H,4-5,7-8H2,1H3. The molecular formula is C12H16O2. The minimum absolute atomic E-state index is 0.142. The van der Waals surface area contributed by atoms with E-state index in [0.717, 1.165) is 31.3 Å². The van der Waals surface area contributed by atoms with Crippen molar-refractivity contribution >= 4 is 6.29 Å². The predicted molar refractivity (Wildman–Crippen MR) is 53.9 cm³/mol. The highest BCUT2D eigenvalue weighted by Gasteiger charge is 2.37. The Morgan fingerprint density at radius 1 is 1.71 bits per heavy atom. The SMILES string of the molecule is CC1CCC(C=O)(Cc2ccco2)C1. The average Bonchev–Trinajstić information content (AvgIpc) is 2.77. The Balaban J connectivity index is 2.10. The minimum Gasteiger partial charge on any atom is -0.469 e. The summed E-state index contributed by atoms with van der Waals surface area (Å²) in [5, 5.41) is 0. The van der Waals surface area contributed by atoms with Gasteiger partial charge in [-0.3, -0.25) is 0 Å². The topological polar surface area (TPSA) is 30.2 Å². The summed E-state index contributed by atoms with van der Waals surface area (Å²) in [6.07, 6.45) is 6.77. The first-order chi connectivity index (χ1) is 6.74. The molecular weight excluding hydrogens is 176 g/mol. The van der Waals surface area contributed by atoms with Crippen molar-refractivity contribution in [2.45, 2.75) is 32.6 Å². The number of rotatable bonds is 3. The number of hydrogen-bond donors (Lipinski definition) is 0. The van der Waals surface area contributed by atoms with Crippen molar-refractivity contribution in [3.63, 3.8) is 0 Å². The fourth-order valence-electron chi connectivity index (χ4n) is 2.50. The predicted octanol–water partition coefficient (Wildman–Crippen LogP) is 2.83. The molecule has 0 radical (unpaired) electrons. The van der Waals surface area contributed by atoms with Gasteiger partial charge in [0, 0.05) is 11.8 Å². The van der Waals surface area contributed by atoms with E-state index in [0.29, 0.717) is 5.92 Å². The highest BCUT2D eigenvalue weighted by molar-refractivity contribution is 5.60. The largest absolute Gasteiger partial charge is 0.469 e. The first-order valence-electron chi connectivity index (χ1n) is 5.23. The molecule has 76 valence electrons. The first-order valence-corrected chi connectivity index (χ1v) is 5.23. The second-order valence-electron chi connectivity index (χ2n) is 4.58. The maximum absolute atomic E-state index is 11.2. The van der Waals surface area contributed by atoms with E-state index < -0.39 is 0 Å². The third kappa shape index (κ3) is 1.74. The highest BCUT2D eigenvalue weighted by atomic mass is 16.3. The summed E-state index contributed by atoms with van der Waals surface area (Å²) >= 11 is 0. The normalized spacial score (nSPS) is 31.9. The van der Waals surface area contributed by atoms with Gasteiger partial charge >= 0.3 is 0 Å². The molecule has 1 aliphatic rings. The highest BCUT2D eigenvalue weighted by Crippen LogP contribution is 2.42. The van der Waals surface area contributed by atoms with Crippen LogP contribution in [0, 0.1) is 11.3 Å². The summed E-state index contributed by atoms with van der Waals surface area (Å²) < 4.78 is 5.30. The smallest absolute Gasteiger partial charge is 0.126 e. The van der Waals surface area contributed by atoms with Gasteiger partial charge in [0.05, 0.1) is 6.26 Å². The second kappa shape index (κ2) is 3.60. The van der Waals surface area contributed by atoms with Gasteiger partial charge in [-0.2, -0.15) is 0 Å². The Morgan fingerprint density at radius 3 is 3.07 bits per heavy atom. The molecule has 2 rings (SSSR count). The van der Waals surface area contributed by atoms with Crippen LogP contribution >= 0.6 is 0 Å². The van der Waals surface area contributed by atoms with Crippen molar-refractivity contribution in [1.82, 2.24) is 0 Å². The molecule has 1 aliphatic carbocycles. The van der Waals surface area contributed by atoms with Crippen LogP contribution in [-0.2, 0) is 11.2 Å². The summed E-state index contributed by atoms with van der Waals surface area (Å²) in [4.78, 5) is 11.2. The fourth-order valence-corrected chi connectivity index (χ4v) is 2.50. The van der Waals surface area contributed by atoms with E-state index in [9.17, 15) is 4.79 Å². The van der Waals surface area contributed by atoms with E-state index in [2.05, 4.69) is 6.92 Å². The maximum Gasteiger partial charge on any atom is 0.126 e. The molecule has 1 saturated carbocycles. The Morgan fingerprint density at radius 2 is 2.57 bits per heavy atom. The number of aldehydes is 1. The summed E-state index contributed by atoms with van der Waals surface area (Å²) in [7, 11) is 0. The molecule has 1 fully saturated rings. The minimum atomic E-state index is -0.142. The molecule has 1 aromatic heterocycles. The zero-order chi connectivity index (χ0) is 10.0. The lowest BCUT2D eigenvalue weighted by Gasteiger charge is -2.20. The molecule has 0 aliphatic heterocycles. The van der Waals surface area contributed by atoms with Crippen molar-refractivity contribution in [2.24, 2.45) is 11.3 Å². The quantitative estimate of drug-likeness (QED) is 0.689. The molecule has 1 heterocycles. The molecule has 0 spiro atoms. The van der Waals surface area contributed by atoms with Gasteiger partial charge in [-0.15, -0.1) is 0 Å². The van der Waals surface area contributed by atoms with Crippen molar-refractivity contribution < 1.29 is 9.21 Å². The number of carbonyl (C=O) groups is 1. The van der Waals surface area contributed by atoms with E-state index in [1.165, 1.54) is 6.42 Å². The van der Waals surface area contributed by atoms with E-state index >= 15 is 0 Å². The lowest BCUT2D eigenvalue weighted by atomic mass is 9.83. The second-order valence-corrected chi connectivity index (χ2v) is 4.58.